The Morgan fingerprint density at radius 3 is 2.81 bits per heavy atom. The molecule has 2 N–H and O–H groups in total. The summed E-state index contributed by atoms with van der Waals surface area (Å²) < 4.78 is 0. The molecule has 1 aliphatic heterocycles. The monoisotopic (exact) mass is 228 g/mol. The highest BCUT2D eigenvalue weighted by molar-refractivity contribution is 5.82. The second-order valence-corrected chi connectivity index (χ2v) is 5.12. The van der Waals surface area contributed by atoms with Crippen LogP contribution in [0.25, 0.3) is 0 Å². The summed E-state index contributed by atoms with van der Waals surface area (Å²) in [6.45, 7) is 8.27. The number of rotatable bonds is 4. The molecule has 1 saturated heterocycles. The Morgan fingerprint density at radius 1 is 1.56 bits per heavy atom. The fraction of sp³-hybridized carbons (Fsp3) is 0.917. The minimum Gasteiger partial charge on any atom is -0.396 e. The molecule has 0 bridgehead atoms. The summed E-state index contributed by atoms with van der Waals surface area (Å²) in [5, 5.41) is 12.0. The van der Waals surface area contributed by atoms with E-state index in [1.54, 1.807) is 0 Å². The molecule has 94 valence electrons. The average Bonchev–Trinajstić information content (AvgIpc) is 2.30. The quantitative estimate of drug-likeness (QED) is 0.741. The number of carbonyl (C=O) groups excluding carboxylic acids is 1. The van der Waals surface area contributed by atoms with E-state index in [2.05, 4.69) is 24.1 Å². The topological polar surface area (TPSA) is 52.6 Å². The van der Waals surface area contributed by atoms with E-state index in [4.69, 9.17) is 5.11 Å². The van der Waals surface area contributed by atoms with Crippen molar-refractivity contribution < 1.29 is 9.90 Å². The van der Waals surface area contributed by atoms with Gasteiger partial charge in [-0.15, -0.1) is 0 Å². The van der Waals surface area contributed by atoms with E-state index in [-0.39, 0.29) is 24.6 Å². The van der Waals surface area contributed by atoms with Crippen LogP contribution in [-0.2, 0) is 4.79 Å². The van der Waals surface area contributed by atoms with Gasteiger partial charge in [0.05, 0.1) is 6.04 Å². The van der Waals surface area contributed by atoms with E-state index in [0.29, 0.717) is 12.3 Å². The molecule has 0 aromatic rings. The fourth-order valence-electron chi connectivity index (χ4n) is 2.22. The molecule has 1 rings (SSSR count). The molecule has 0 radical (unpaired) electrons. The molecule has 1 amide bonds. The van der Waals surface area contributed by atoms with Crippen molar-refractivity contribution >= 4 is 5.91 Å². The summed E-state index contributed by atoms with van der Waals surface area (Å²) in [5.74, 6) is 0.613. The maximum absolute atomic E-state index is 11.9. The van der Waals surface area contributed by atoms with E-state index in [0.717, 1.165) is 19.5 Å². The highest BCUT2D eigenvalue weighted by Gasteiger charge is 2.29. The van der Waals surface area contributed by atoms with Gasteiger partial charge in [0.1, 0.15) is 0 Å². The van der Waals surface area contributed by atoms with Gasteiger partial charge in [-0.2, -0.15) is 0 Å². The average molecular weight is 228 g/mol. The van der Waals surface area contributed by atoms with Crippen LogP contribution in [0.1, 0.15) is 33.6 Å². The van der Waals surface area contributed by atoms with Gasteiger partial charge in [-0.3, -0.25) is 9.69 Å². The number of aliphatic hydroxyl groups is 1. The normalized spacial score (nSPS) is 27.9. The molecule has 2 atom stereocenters. The Labute approximate surface area is 98.0 Å². The Bertz CT molecular complexity index is 231. The summed E-state index contributed by atoms with van der Waals surface area (Å²) in [6, 6.07) is 0.0863. The number of amides is 1. The van der Waals surface area contributed by atoms with Crippen molar-refractivity contribution in [2.75, 3.05) is 19.7 Å². The van der Waals surface area contributed by atoms with E-state index in [1.807, 2.05) is 6.92 Å². The van der Waals surface area contributed by atoms with Crippen LogP contribution in [-0.4, -0.2) is 47.7 Å². The lowest BCUT2D eigenvalue weighted by Crippen LogP contribution is -2.46. The second-order valence-electron chi connectivity index (χ2n) is 5.12. The first-order chi connectivity index (χ1) is 7.54. The summed E-state index contributed by atoms with van der Waals surface area (Å²) >= 11 is 0. The molecule has 0 aromatic carbocycles. The van der Waals surface area contributed by atoms with E-state index in [9.17, 15) is 4.79 Å². The van der Waals surface area contributed by atoms with Gasteiger partial charge < -0.3 is 10.4 Å². The van der Waals surface area contributed by atoms with Crippen molar-refractivity contribution in [1.29, 1.82) is 0 Å². The predicted octanol–water partition coefficient (Wildman–Crippen LogP) is 0.604. The van der Waals surface area contributed by atoms with Gasteiger partial charge in [0.2, 0.25) is 5.91 Å². The Morgan fingerprint density at radius 2 is 2.25 bits per heavy atom. The van der Waals surface area contributed by atoms with Crippen LogP contribution >= 0.6 is 0 Å². The number of hydrogen-bond donors (Lipinski definition) is 2. The van der Waals surface area contributed by atoms with Crippen molar-refractivity contribution in [1.82, 2.24) is 10.2 Å². The van der Waals surface area contributed by atoms with Crippen LogP contribution in [0.2, 0.25) is 0 Å². The smallest absolute Gasteiger partial charge is 0.237 e. The molecule has 4 heteroatoms. The third kappa shape index (κ3) is 3.76. The molecule has 16 heavy (non-hydrogen) atoms. The zero-order valence-electron chi connectivity index (χ0n) is 10.6. The molecular weight excluding hydrogens is 204 g/mol. The van der Waals surface area contributed by atoms with Gasteiger partial charge in [-0.25, -0.2) is 0 Å². The Hall–Kier alpha value is -0.610. The minimum absolute atomic E-state index is 0.0692. The molecule has 4 nitrogen and oxygen atoms in total. The number of aliphatic hydroxyl groups excluding tert-OH is 1. The van der Waals surface area contributed by atoms with Crippen LogP contribution < -0.4 is 5.32 Å². The number of carbonyl (C=O) groups is 1. The van der Waals surface area contributed by atoms with Crippen LogP contribution in [0.15, 0.2) is 0 Å². The molecule has 1 heterocycles. The lowest BCUT2D eigenvalue weighted by Gasteiger charge is -2.29. The molecule has 2 unspecified atom stereocenters. The fourth-order valence-corrected chi connectivity index (χ4v) is 2.22. The molecule has 1 aliphatic rings. The number of nitrogens with one attached hydrogen (secondary N) is 1. The van der Waals surface area contributed by atoms with Gasteiger partial charge in [0, 0.05) is 25.7 Å². The third-order valence-electron chi connectivity index (χ3n) is 2.98. The number of hydrogen-bond acceptors (Lipinski definition) is 3. The van der Waals surface area contributed by atoms with Crippen LogP contribution in [0, 0.1) is 5.92 Å². The SMILES string of the molecule is CC(C)CN1CCC(C)NC(=O)C1CCO. The van der Waals surface area contributed by atoms with Crippen LogP contribution in [0.5, 0.6) is 0 Å². The Kier molecular flexibility index (Phi) is 5.22. The van der Waals surface area contributed by atoms with Crippen LogP contribution in [0.4, 0.5) is 0 Å². The highest BCUT2D eigenvalue weighted by atomic mass is 16.3. The summed E-state index contributed by atoms with van der Waals surface area (Å²) in [6.07, 6.45) is 1.52. The first kappa shape index (κ1) is 13.5. The maximum Gasteiger partial charge on any atom is 0.237 e. The highest BCUT2D eigenvalue weighted by Crippen LogP contribution is 2.13. The van der Waals surface area contributed by atoms with Gasteiger partial charge in [0.25, 0.3) is 0 Å². The van der Waals surface area contributed by atoms with Gasteiger partial charge >= 0.3 is 0 Å². The lowest BCUT2D eigenvalue weighted by molar-refractivity contribution is -0.126. The van der Waals surface area contributed by atoms with E-state index < -0.39 is 0 Å². The van der Waals surface area contributed by atoms with Crippen molar-refractivity contribution in [2.24, 2.45) is 5.92 Å². The van der Waals surface area contributed by atoms with Crippen molar-refractivity contribution in [2.45, 2.75) is 45.7 Å². The molecule has 0 saturated carbocycles. The van der Waals surface area contributed by atoms with Crippen molar-refractivity contribution in [3.8, 4) is 0 Å². The third-order valence-corrected chi connectivity index (χ3v) is 2.98. The van der Waals surface area contributed by atoms with Crippen LogP contribution in [0.3, 0.4) is 0 Å². The zero-order chi connectivity index (χ0) is 12.1. The predicted molar refractivity (Wildman–Crippen MR) is 64.1 cm³/mol. The minimum atomic E-state index is -0.155. The van der Waals surface area contributed by atoms with Gasteiger partial charge in [-0.05, 0) is 25.7 Å². The molecular formula is C12H24N2O2. The first-order valence-corrected chi connectivity index (χ1v) is 6.20. The first-order valence-electron chi connectivity index (χ1n) is 6.20. The standard InChI is InChI=1S/C12H24N2O2/c1-9(2)8-14-6-4-10(3)13-12(16)11(14)5-7-15/h9-11,15H,4-8H2,1-3H3,(H,13,16). The molecule has 0 spiro atoms. The molecule has 0 aromatic heterocycles. The van der Waals surface area contributed by atoms with Gasteiger partial charge in [-0.1, -0.05) is 13.8 Å². The largest absolute Gasteiger partial charge is 0.396 e. The van der Waals surface area contributed by atoms with E-state index in [1.165, 1.54) is 0 Å². The van der Waals surface area contributed by atoms with Crippen molar-refractivity contribution in [3.63, 3.8) is 0 Å². The molecule has 1 fully saturated rings. The summed E-state index contributed by atoms with van der Waals surface area (Å²) in [7, 11) is 0. The lowest BCUT2D eigenvalue weighted by atomic mass is 10.1. The zero-order valence-corrected chi connectivity index (χ0v) is 10.6. The summed E-state index contributed by atoms with van der Waals surface area (Å²) in [4.78, 5) is 14.2. The molecule has 0 aliphatic carbocycles. The maximum atomic E-state index is 11.9. The summed E-state index contributed by atoms with van der Waals surface area (Å²) in [5.41, 5.74) is 0. The Balaban J connectivity index is 2.70. The van der Waals surface area contributed by atoms with Gasteiger partial charge in [0.15, 0.2) is 0 Å². The van der Waals surface area contributed by atoms with E-state index >= 15 is 0 Å². The number of nitrogens with zero attached hydrogens (tertiary/aromatic N) is 1. The second kappa shape index (κ2) is 6.21. The van der Waals surface area contributed by atoms with Crippen molar-refractivity contribution in [3.05, 3.63) is 0 Å².